The number of hydrogen-bond acceptors (Lipinski definition) is 4. The van der Waals surface area contributed by atoms with Crippen LogP contribution in [-0.2, 0) is 10.9 Å². The molecule has 3 aromatic rings. The Balaban J connectivity index is 2.00. The van der Waals surface area contributed by atoms with Crippen molar-refractivity contribution in [2.24, 2.45) is 0 Å². The van der Waals surface area contributed by atoms with Gasteiger partial charge in [-0.05, 0) is 38.8 Å². The lowest BCUT2D eigenvalue weighted by Crippen LogP contribution is -2.30. The fourth-order valence-electron chi connectivity index (χ4n) is 3.66. The van der Waals surface area contributed by atoms with E-state index in [0.717, 1.165) is 12.1 Å². The van der Waals surface area contributed by atoms with Gasteiger partial charge in [0, 0.05) is 36.6 Å². The van der Waals surface area contributed by atoms with Gasteiger partial charge in [-0.3, -0.25) is 4.79 Å². The van der Waals surface area contributed by atoms with Crippen LogP contribution in [0.25, 0.3) is 22.2 Å². The molecule has 0 radical (unpaired) electrons. The van der Waals surface area contributed by atoms with E-state index < -0.39 is 17.6 Å². The van der Waals surface area contributed by atoms with Crippen molar-refractivity contribution in [3.8, 4) is 11.1 Å². The van der Waals surface area contributed by atoms with E-state index in [9.17, 15) is 22.4 Å². The van der Waals surface area contributed by atoms with Crippen LogP contribution in [0, 0.1) is 19.7 Å². The van der Waals surface area contributed by atoms with Crippen LogP contribution in [0.3, 0.4) is 0 Å². The molecule has 0 bridgehead atoms. The van der Waals surface area contributed by atoms with Gasteiger partial charge in [0.1, 0.15) is 11.3 Å². The topological polar surface area (TPSA) is 57.0 Å². The molecule has 2 aromatic heterocycles. The van der Waals surface area contributed by atoms with Crippen molar-refractivity contribution in [2.75, 3.05) is 13.2 Å². The minimum atomic E-state index is -4.66. The smallest absolute Gasteiger partial charge is 0.381 e. The van der Waals surface area contributed by atoms with Crippen LogP contribution in [-0.4, -0.2) is 27.7 Å². The first-order valence-electron chi connectivity index (χ1n) is 9.52. The number of aryl methyl sites for hydroxylation is 2. The van der Waals surface area contributed by atoms with Crippen LogP contribution >= 0.6 is 0 Å². The highest BCUT2D eigenvalue weighted by molar-refractivity contribution is 5.91. The first-order chi connectivity index (χ1) is 14.2. The largest absolute Gasteiger partial charge is 0.416 e. The number of rotatable bonds is 2. The minimum absolute atomic E-state index is 0.0636. The SMILES string of the molecule is Cc1nc2c(-c3ccc(C(F)(F)F)cc3F)cn(C3CCOCC3)c(=O)c2nc1C. The summed E-state index contributed by atoms with van der Waals surface area (Å²) in [6.45, 7) is 4.39. The average Bonchev–Trinajstić information content (AvgIpc) is 2.70. The van der Waals surface area contributed by atoms with E-state index in [1.54, 1.807) is 13.8 Å². The van der Waals surface area contributed by atoms with Crippen molar-refractivity contribution in [1.82, 2.24) is 14.5 Å². The van der Waals surface area contributed by atoms with E-state index >= 15 is 0 Å². The van der Waals surface area contributed by atoms with Gasteiger partial charge in [0.15, 0.2) is 5.52 Å². The number of fused-ring (bicyclic) bond motifs is 1. The number of nitrogens with zero attached hydrogens (tertiary/aromatic N) is 3. The van der Waals surface area contributed by atoms with Crippen LogP contribution in [0.1, 0.15) is 35.8 Å². The monoisotopic (exact) mass is 421 g/mol. The van der Waals surface area contributed by atoms with Crippen molar-refractivity contribution in [1.29, 1.82) is 0 Å². The number of ether oxygens (including phenoxy) is 1. The first-order valence-corrected chi connectivity index (χ1v) is 9.52. The maximum absolute atomic E-state index is 14.8. The molecule has 3 heterocycles. The van der Waals surface area contributed by atoms with Crippen LogP contribution in [0.5, 0.6) is 0 Å². The van der Waals surface area contributed by atoms with Crippen LogP contribution in [0.4, 0.5) is 17.6 Å². The summed E-state index contributed by atoms with van der Waals surface area (Å²) in [7, 11) is 0. The van der Waals surface area contributed by atoms with E-state index in [1.807, 2.05) is 0 Å². The zero-order valence-corrected chi connectivity index (χ0v) is 16.4. The van der Waals surface area contributed by atoms with Gasteiger partial charge in [0.05, 0.1) is 17.0 Å². The Morgan fingerprint density at radius 1 is 1.03 bits per heavy atom. The highest BCUT2D eigenvalue weighted by Crippen LogP contribution is 2.35. The molecular weight excluding hydrogens is 402 g/mol. The highest BCUT2D eigenvalue weighted by Gasteiger charge is 2.31. The van der Waals surface area contributed by atoms with Crippen molar-refractivity contribution >= 4 is 11.0 Å². The zero-order chi connectivity index (χ0) is 21.6. The molecule has 1 saturated heterocycles. The third-order valence-electron chi connectivity index (χ3n) is 5.44. The van der Waals surface area contributed by atoms with Gasteiger partial charge in [-0.25, -0.2) is 14.4 Å². The second-order valence-corrected chi connectivity index (χ2v) is 7.38. The Kier molecular flexibility index (Phi) is 5.09. The van der Waals surface area contributed by atoms with Gasteiger partial charge in [-0.15, -0.1) is 0 Å². The second-order valence-electron chi connectivity index (χ2n) is 7.38. The van der Waals surface area contributed by atoms with E-state index in [2.05, 4.69) is 9.97 Å². The molecule has 1 fully saturated rings. The predicted octanol–water partition coefficient (Wildman–Crippen LogP) is 4.58. The van der Waals surface area contributed by atoms with Crippen LogP contribution < -0.4 is 5.56 Å². The molecular formula is C21H19F4N3O2. The van der Waals surface area contributed by atoms with Crippen molar-refractivity contribution in [2.45, 2.75) is 38.9 Å². The number of pyridine rings is 1. The molecule has 1 aliphatic heterocycles. The van der Waals surface area contributed by atoms with E-state index in [-0.39, 0.29) is 33.8 Å². The second kappa shape index (κ2) is 7.46. The lowest BCUT2D eigenvalue weighted by molar-refractivity contribution is -0.137. The third kappa shape index (κ3) is 3.58. The van der Waals surface area contributed by atoms with Gasteiger partial charge in [0.2, 0.25) is 0 Å². The summed E-state index contributed by atoms with van der Waals surface area (Å²) in [5.41, 5.74) is 0.0886. The molecule has 0 amide bonds. The summed E-state index contributed by atoms with van der Waals surface area (Å²) < 4.78 is 60.5. The third-order valence-corrected chi connectivity index (χ3v) is 5.44. The molecule has 0 spiro atoms. The molecule has 30 heavy (non-hydrogen) atoms. The Hall–Kier alpha value is -2.81. The number of hydrogen-bond donors (Lipinski definition) is 0. The first kappa shape index (κ1) is 20.5. The lowest BCUT2D eigenvalue weighted by Gasteiger charge is -2.25. The number of aromatic nitrogens is 3. The summed E-state index contributed by atoms with van der Waals surface area (Å²) in [5, 5.41) is 0. The predicted molar refractivity (Wildman–Crippen MR) is 103 cm³/mol. The van der Waals surface area contributed by atoms with Gasteiger partial charge in [0.25, 0.3) is 5.56 Å². The molecule has 0 unspecified atom stereocenters. The normalized spacial score (nSPS) is 15.7. The van der Waals surface area contributed by atoms with Gasteiger partial charge in [-0.1, -0.05) is 6.07 Å². The summed E-state index contributed by atoms with van der Waals surface area (Å²) in [6.07, 6.45) is -1.98. The molecule has 5 nitrogen and oxygen atoms in total. The summed E-state index contributed by atoms with van der Waals surface area (Å²) in [4.78, 5) is 21.9. The minimum Gasteiger partial charge on any atom is -0.381 e. The fourth-order valence-corrected chi connectivity index (χ4v) is 3.66. The molecule has 0 saturated carbocycles. The summed E-state index contributed by atoms with van der Waals surface area (Å²) in [5.74, 6) is -1.04. The molecule has 0 N–H and O–H groups in total. The number of halogens is 4. The summed E-state index contributed by atoms with van der Waals surface area (Å²) in [6, 6.07) is 2.18. The van der Waals surface area contributed by atoms with E-state index in [0.29, 0.717) is 43.5 Å². The van der Waals surface area contributed by atoms with Crippen molar-refractivity contribution in [3.05, 3.63) is 57.5 Å². The fraction of sp³-hybridized carbons (Fsp3) is 0.381. The van der Waals surface area contributed by atoms with E-state index in [1.165, 1.54) is 10.8 Å². The van der Waals surface area contributed by atoms with Gasteiger partial charge < -0.3 is 9.30 Å². The Morgan fingerprint density at radius 2 is 1.67 bits per heavy atom. The quantitative estimate of drug-likeness (QED) is 0.568. The standard InChI is InChI=1S/C21H19F4N3O2/c1-11-12(2)27-19-18(26-11)16(10-28(20(19)29)14-5-7-30-8-6-14)15-4-3-13(9-17(15)22)21(23,24)25/h3-4,9-10,14H,5-8H2,1-2H3. The van der Waals surface area contributed by atoms with Gasteiger partial charge >= 0.3 is 6.18 Å². The summed E-state index contributed by atoms with van der Waals surface area (Å²) >= 11 is 0. The molecule has 1 aliphatic rings. The molecule has 0 aliphatic carbocycles. The molecule has 9 heteroatoms. The van der Waals surface area contributed by atoms with Crippen molar-refractivity contribution in [3.63, 3.8) is 0 Å². The Labute approximate surface area is 169 Å². The number of alkyl halides is 3. The zero-order valence-electron chi connectivity index (χ0n) is 16.4. The Bertz CT molecular complexity index is 1180. The van der Waals surface area contributed by atoms with Gasteiger partial charge in [-0.2, -0.15) is 13.2 Å². The average molecular weight is 421 g/mol. The molecule has 1 aromatic carbocycles. The Morgan fingerprint density at radius 3 is 2.27 bits per heavy atom. The highest BCUT2D eigenvalue weighted by atomic mass is 19.4. The molecule has 4 rings (SSSR count). The van der Waals surface area contributed by atoms with E-state index in [4.69, 9.17) is 4.74 Å². The van der Waals surface area contributed by atoms with Crippen LogP contribution in [0.15, 0.2) is 29.2 Å². The maximum Gasteiger partial charge on any atom is 0.416 e. The van der Waals surface area contributed by atoms with Crippen molar-refractivity contribution < 1.29 is 22.3 Å². The maximum atomic E-state index is 14.8. The number of benzene rings is 1. The molecule has 158 valence electrons. The molecule has 0 atom stereocenters. The lowest BCUT2D eigenvalue weighted by atomic mass is 10.0. The van der Waals surface area contributed by atoms with Crippen LogP contribution in [0.2, 0.25) is 0 Å².